The van der Waals surface area contributed by atoms with Crippen LogP contribution in [-0.4, -0.2) is 23.9 Å². The average molecular weight is 386 g/mol. The maximum atomic E-state index is 12.2. The molecule has 7 nitrogen and oxygen atoms in total. The van der Waals surface area contributed by atoms with Gasteiger partial charge in [-0.05, 0) is 44.2 Å². The predicted molar refractivity (Wildman–Crippen MR) is 105 cm³/mol. The monoisotopic (exact) mass is 386 g/mol. The van der Waals surface area contributed by atoms with Gasteiger partial charge in [0.25, 0.3) is 0 Å². The number of benzene rings is 2. The van der Waals surface area contributed by atoms with Gasteiger partial charge in [0.15, 0.2) is 0 Å². The van der Waals surface area contributed by atoms with E-state index in [0.717, 1.165) is 22.6 Å². The number of hydrogen-bond acceptors (Lipinski definition) is 4. The molecule has 0 atom stereocenters. The number of imidazole rings is 1. The van der Waals surface area contributed by atoms with Gasteiger partial charge < -0.3 is 9.88 Å². The number of carbonyl (C=O) groups is 1. The number of amides is 1. The third-order valence-corrected chi connectivity index (χ3v) is 5.27. The molecule has 0 saturated carbocycles. The summed E-state index contributed by atoms with van der Waals surface area (Å²) in [5.74, 6) is 0.636. The molecule has 3 rings (SSSR count). The third-order valence-electron chi connectivity index (χ3n) is 4.35. The van der Waals surface area contributed by atoms with E-state index in [0.29, 0.717) is 18.5 Å². The Labute approximate surface area is 158 Å². The Hall–Kier alpha value is -2.71. The Bertz CT molecular complexity index is 1090. The smallest absolute Gasteiger partial charge is 0.238 e. The molecule has 1 amide bonds. The second-order valence-electron chi connectivity index (χ2n) is 6.38. The van der Waals surface area contributed by atoms with Gasteiger partial charge in [-0.3, -0.25) is 4.79 Å². The van der Waals surface area contributed by atoms with E-state index in [1.54, 1.807) is 6.07 Å². The first kappa shape index (κ1) is 19.1. The van der Waals surface area contributed by atoms with Crippen LogP contribution in [0.3, 0.4) is 0 Å². The van der Waals surface area contributed by atoms with Crippen molar-refractivity contribution < 1.29 is 13.2 Å². The van der Waals surface area contributed by atoms with E-state index in [4.69, 9.17) is 5.14 Å². The highest BCUT2D eigenvalue weighted by molar-refractivity contribution is 7.89. The minimum Gasteiger partial charge on any atom is -0.328 e. The number of carbonyl (C=O) groups excluding carboxylic acids is 1. The van der Waals surface area contributed by atoms with Crippen LogP contribution in [0.4, 0.5) is 5.69 Å². The number of nitrogens with one attached hydrogen (secondary N) is 1. The van der Waals surface area contributed by atoms with Crippen molar-refractivity contribution >= 4 is 32.7 Å². The van der Waals surface area contributed by atoms with E-state index in [1.807, 2.05) is 42.7 Å². The predicted octanol–water partition coefficient (Wildman–Crippen LogP) is 2.58. The second kappa shape index (κ2) is 7.50. The van der Waals surface area contributed by atoms with Crippen LogP contribution in [0.15, 0.2) is 47.4 Å². The topological polar surface area (TPSA) is 107 Å². The Balaban J connectivity index is 1.77. The number of rotatable bonds is 6. The number of nitrogens with two attached hydrogens (primary N) is 1. The van der Waals surface area contributed by atoms with Gasteiger partial charge in [0.2, 0.25) is 15.9 Å². The quantitative estimate of drug-likeness (QED) is 0.679. The minimum absolute atomic E-state index is 0.0272. The molecule has 1 aromatic heterocycles. The van der Waals surface area contributed by atoms with Crippen LogP contribution < -0.4 is 10.5 Å². The van der Waals surface area contributed by atoms with E-state index in [-0.39, 0.29) is 17.2 Å². The van der Waals surface area contributed by atoms with Crippen LogP contribution in [0.25, 0.3) is 11.0 Å². The summed E-state index contributed by atoms with van der Waals surface area (Å²) in [6, 6.07) is 12.2. The normalized spacial score (nSPS) is 11.7. The van der Waals surface area contributed by atoms with Crippen LogP contribution in [-0.2, 0) is 27.8 Å². The van der Waals surface area contributed by atoms with Crippen LogP contribution in [0, 0.1) is 6.92 Å². The van der Waals surface area contributed by atoms with Crippen molar-refractivity contribution in [2.24, 2.45) is 5.14 Å². The van der Waals surface area contributed by atoms with Gasteiger partial charge in [-0.2, -0.15) is 0 Å². The number of aromatic nitrogens is 2. The van der Waals surface area contributed by atoms with Crippen molar-refractivity contribution in [1.29, 1.82) is 0 Å². The number of fused-ring (bicyclic) bond motifs is 1. The molecule has 0 saturated heterocycles. The lowest BCUT2D eigenvalue weighted by Gasteiger charge is -2.07. The number of anilines is 1. The van der Waals surface area contributed by atoms with Gasteiger partial charge in [0.05, 0.1) is 15.9 Å². The summed E-state index contributed by atoms with van der Waals surface area (Å²) in [4.78, 5) is 16.8. The molecule has 8 heteroatoms. The number of nitrogens with zero attached hydrogens (tertiary/aromatic N) is 2. The van der Waals surface area contributed by atoms with Crippen LogP contribution in [0.2, 0.25) is 0 Å². The molecule has 142 valence electrons. The Morgan fingerprint density at radius 3 is 2.52 bits per heavy atom. The van der Waals surface area contributed by atoms with Gasteiger partial charge in [-0.25, -0.2) is 18.5 Å². The molecule has 0 aliphatic heterocycles. The first-order chi connectivity index (χ1) is 12.8. The molecule has 0 aliphatic carbocycles. The fraction of sp³-hybridized carbons (Fsp3) is 0.263. The molecule has 2 aromatic carbocycles. The van der Waals surface area contributed by atoms with Crippen LogP contribution >= 0.6 is 0 Å². The highest BCUT2D eigenvalue weighted by atomic mass is 32.2. The summed E-state index contributed by atoms with van der Waals surface area (Å²) in [6.07, 6.45) is 0.726. The Kier molecular flexibility index (Phi) is 5.29. The van der Waals surface area contributed by atoms with Gasteiger partial charge in [0.1, 0.15) is 5.82 Å². The van der Waals surface area contributed by atoms with Crippen molar-refractivity contribution in [3.05, 3.63) is 53.9 Å². The van der Waals surface area contributed by atoms with E-state index in [1.165, 1.54) is 12.1 Å². The minimum atomic E-state index is -3.78. The van der Waals surface area contributed by atoms with Crippen LogP contribution in [0.5, 0.6) is 0 Å². The van der Waals surface area contributed by atoms with E-state index >= 15 is 0 Å². The molecular formula is C19H22N4O3S. The van der Waals surface area contributed by atoms with Gasteiger partial charge in [-0.1, -0.05) is 17.7 Å². The molecule has 0 aliphatic rings. The molecule has 0 bridgehead atoms. The van der Waals surface area contributed by atoms with E-state index < -0.39 is 10.0 Å². The number of primary sulfonamides is 1. The summed E-state index contributed by atoms with van der Waals surface area (Å²) < 4.78 is 25.0. The summed E-state index contributed by atoms with van der Waals surface area (Å²) in [6.45, 7) is 4.63. The zero-order valence-electron chi connectivity index (χ0n) is 15.3. The van der Waals surface area contributed by atoms with Gasteiger partial charge in [0, 0.05) is 25.1 Å². The SMILES string of the molecule is CCn1c(CCC(=O)Nc2ccc(C)cc2)nc2cc(S(N)(=O)=O)ccc21. The summed E-state index contributed by atoms with van der Waals surface area (Å²) >= 11 is 0. The summed E-state index contributed by atoms with van der Waals surface area (Å²) in [5.41, 5.74) is 3.26. The third kappa shape index (κ3) is 4.35. The molecule has 3 aromatic rings. The van der Waals surface area contributed by atoms with Crippen molar-refractivity contribution in [3.8, 4) is 0 Å². The fourth-order valence-corrected chi connectivity index (χ4v) is 3.50. The zero-order chi connectivity index (χ0) is 19.6. The first-order valence-electron chi connectivity index (χ1n) is 8.66. The van der Waals surface area contributed by atoms with Crippen molar-refractivity contribution in [1.82, 2.24) is 9.55 Å². The lowest BCUT2D eigenvalue weighted by molar-refractivity contribution is -0.116. The summed E-state index contributed by atoms with van der Waals surface area (Å²) in [5, 5.41) is 8.06. The largest absolute Gasteiger partial charge is 0.328 e. The molecule has 0 unspecified atom stereocenters. The number of sulfonamides is 1. The van der Waals surface area contributed by atoms with Crippen molar-refractivity contribution in [2.45, 2.75) is 38.1 Å². The van der Waals surface area contributed by atoms with Gasteiger partial charge in [-0.15, -0.1) is 0 Å². The maximum absolute atomic E-state index is 12.2. The number of aryl methyl sites for hydroxylation is 3. The van der Waals surface area contributed by atoms with Gasteiger partial charge >= 0.3 is 0 Å². The molecular weight excluding hydrogens is 364 g/mol. The Morgan fingerprint density at radius 2 is 1.89 bits per heavy atom. The molecule has 0 radical (unpaired) electrons. The Morgan fingerprint density at radius 1 is 1.19 bits per heavy atom. The zero-order valence-corrected chi connectivity index (χ0v) is 16.1. The van der Waals surface area contributed by atoms with E-state index in [9.17, 15) is 13.2 Å². The second-order valence-corrected chi connectivity index (χ2v) is 7.94. The van der Waals surface area contributed by atoms with Crippen molar-refractivity contribution in [2.75, 3.05) is 5.32 Å². The highest BCUT2D eigenvalue weighted by Gasteiger charge is 2.15. The summed E-state index contributed by atoms with van der Waals surface area (Å²) in [7, 11) is -3.78. The lowest BCUT2D eigenvalue weighted by Crippen LogP contribution is -2.14. The number of hydrogen-bond donors (Lipinski definition) is 2. The van der Waals surface area contributed by atoms with Crippen molar-refractivity contribution in [3.63, 3.8) is 0 Å². The van der Waals surface area contributed by atoms with Crippen LogP contribution in [0.1, 0.15) is 24.7 Å². The fourth-order valence-electron chi connectivity index (χ4n) is 2.97. The average Bonchev–Trinajstić information content (AvgIpc) is 2.98. The first-order valence-corrected chi connectivity index (χ1v) is 10.2. The lowest BCUT2D eigenvalue weighted by atomic mass is 10.2. The molecule has 1 heterocycles. The molecule has 0 fully saturated rings. The molecule has 0 spiro atoms. The maximum Gasteiger partial charge on any atom is 0.238 e. The van der Waals surface area contributed by atoms with E-state index in [2.05, 4.69) is 10.3 Å². The molecule has 27 heavy (non-hydrogen) atoms. The highest BCUT2D eigenvalue weighted by Crippen LogP contribution is 2.21. The molecule has 3 N–H and O–H groups in total. The standard InChI is InChI=1S/C19H22N4O3S/c1-3-23-17-9-8-15(27(20,25)26)12-16(17)22-18(23)10-11-19(24)21-14-6-4-13(2)5-7-14/h4-9,12H,3,10-11H2,1-2H3,(H,21,24)(H2,20,25,26).